The molecular formula is C19H24FN3O3S. The molecule has 0 aliphatic carbocycles. The second kappa shape index (κ2) is 8.21. The van der Waals surface area contributed by atoms with Crippen LogP contribution < -0.4 is 4.74 Å². The van der Waals surface area contributed by atoms with E-state index in [1.165, 1.54) is 23.6 Å². The van der Waals surface area contributed by atoms with Crippen molar-refractivity contribution in [3.05, 3.63) is 30.5 Å². The molecular weight excluding hydrogens is 369 g/mol. The molecule has 27 heavy (non-hydrogen) atoms. The molecule has 0 aromatic carbocycles. The van der Waals surface area contributed by atoms with Gasteiger partial charge in [-0.3, -0.25) is 0 Å². The van der Waals surface area contributed by atoms with E-state index in [0.29, 0.717) is 24.9 Å². The SMILES string of the molecule is CC(C)(C)OC(=O)N1CCCC(COc2ncc(-c3ccc(F)nc3)s2)C1. The molecule has 3 heterocycles. The highest BCUT2D eigenvalue weighted by molar-refractivity contribution is 7.16. The van der Waals surface area contributed by atoms with Crippen molar-refractivity contribution in [3.8, 4) is 15.6 Å². The molecule has 1 atom stereocenters. The van der Waals surface area contributed by atoms with Gasteiger partial charge in [0.1, 0.15) is 5.60 Å². The molecule has 1 saturated heterocycles. The molecule has 1 unspecified atom stereocenters. The van der Waals surface area contributed by atoms with Gasteiger partial charge in [0.25, 0.3) is 5.19 Å². The maximum Gasteiger partial charge on any atom is 0.410 e. The summed E-state index contributed by atoms with van der Waals surface area (Å²) >= 11 is 1.39. The number of halogens is 1. The first-order chi connectivity index (χ1) is 12.8. The van der Waals surface area contributed by atoms with Crippen LogP contribution in [0.2, 0.25) is 0 Å². The second-order valence-corrected chi connectivity index (χ2v) is 8.60. The van der Waals surface area contributed by atoms with E-state index in [2.05, 4.69) is 9.97 Å². The van der Waals surface area contributed by atoms with E-state index in [-0.39, 0.29) is 12.0 Å². The number of hydrogen-bond donors (Lipinski definition) is 0. The molecule has 1 aliphatic rings. The summed E-state index contributed by atoms with van der Waals surface area (Å²) in [6.07, 6.45) is 4.83. The summed E-state index contributed by atoms with van der Waals surface area (Å²) in [6, 6.07) is 2.99. The zero-order chi connectivity index (χ0) is 19.4. The van der Waals surface area contributed by atoms with E-state index < -0.39 is 11.5 Å². The third kappa shape index (κ3) is 5.63. The summed E-state index contributed by atoms with van der Waals surface area (Å²) in [5.74, 6) is -0.266. The molecule has 1 fully saturated rings. The number of likely N-dealkylation sites (tertiary alicyclic amines) is 1. The first-order valence-corrected chi connectivity index (χ1v) is 9.80. The molecule has 1 aliphatic heterocycles. The van der Waals surface area contributed by atoms with Crippen LogP contribution >= 0.6 is 11.3 Å². The van der Waals surface area contributed by atoms with E-state index in [0.717, 1.165) is 23.3 Å². The van der Waals surface area contributed by atoms with Crippen LogP contribution in [0.15, 0.2) is 24.5 Å². The largest absolute Gasteiger partial charge is 0.470 e. The smallest absolute Gasteiger partial charge is 0.410 e. The highest BCUT2D eigenvalue weighted by Crippen LogP contribution is 2.30. The minimum Gasteiger partial charge on any atom is -0.470 e. The Morgan fingerprint density at radius 1 is 1.33 bits per heavy atom. The zero-order valence-corrected chi connectivity index (χ0v) is 16.6. The molecule has 0 bridgehead atoms. The lowest BCUT2D eigenvalue weighted by atomic mass is 9.99. The Balaban J connectivity index is 1.52. The number of pyridine rings is 1. The van der Waals surface area contributed by atoms with Crippen LogP contribution in [0, 0.1) is 11.9 Å². The second-order valence-electron chi connectivity index (χ2n) is 7.61. The van der Waals surface area contributed by atoms with E-state index in [9.17, 15) is 9.18 Å². The summed E-state index contributed by atoms with van der Waals surface area (Å²) in [5.41, 5.74) is 0.310. The molecule has 0 radical (unpaired) electrons. The van der Waals surface area contributed by atoms with Crippen molar-refractivity contribution in [1.29, 1.82) is 0 Å². The van der Waals surface area contributed by atoms with Gasteiger partial charge in [-0.25, -0.2) is 14.8 Å². The normalized spacial score (nSPS) is 17.6. The van der Waals surface area contributed by atoms with E-state index >= 15 is 0 Å². The van der Waals surface area contributed by atoms with E-state index in [1.807, 2.05) is 20.8 Å². The Morgan fingerprint density at radius 3 is 2.85 bits per heavy atom. The van der Waals surface area contributed by atoms with Crippen molar-refractivity contribution in [2.24, 2.45) is 5.92 Å². The number of amides is 1. The third-order valence-electron chi connectivity index (χ3n) is 4.11. The molecule has 0 N–H and O–H groups in total. The van der Waals surface area contributed by atoms with Crippen LogP contribution in [0.4, 0.5) is 9.18 Å². The highest BCUT2D eigenvalue weighted by atomic mass is 32.1. The number of carbonyl (C=O) groups excluding carboxylic acids is 1. The van der Waals surface area contributed by atoms with Crippen molar-refractivity contribution in [3.63, 3.8) is 0 Å². The van der Waals surface area contributed by atoms with Gasteiger partial charge in [0.05, 0.1) is 11.5 Å². The lowest BCUT2D eigenvalue weighted by molar-refractivity contribution is 0.0139. The molecule has 1 amide bonds. The minimum absolute atomic E-state index is 0.242. The number of thiazole rings is 1. The summed E-state index contributed by atoms with van der Waals surface area (Å²) in [4.78, 5) is 22.8. The summed E-state index contributed by atoms with van der Waals surface area (Å²) in [5, 5.41) is 0.559. The van der Waals surface area contributed by atoms with Crippen LogP contribution in [0.5, 0.6) is 5.19 Å². The first kappa shape index (κ1) is 19.5. The monoisotopic (exact) mass is 393 g/mol. The molecule has 3 rings (SSSR count). The maximum absolute atomic E-state index is 12.9. The van der Waals surface area contributed by atoms with Gasteiger partial charge < -0.3 is 14.4 Å². The predicted molar refractivity (Wildman–Crippen MR) is 101 cm³/mol. The number of ether oxygens (including phenoxy) is 2. The fourth-order valence-corrected chi connectivity index (χ4v) is 3.63. The summed E-state index contributed by atoms with van der Waals surface area (Å²) in [6.45, 7) is 7.43. The van der Waals surface area contributed by atoms with Crippen LogP contribution in [-0.2, 0) is 4.74 Å². The van der Waals surface area contributed by atoms with Crippen LogP contribution in [0.1, 0.15) is 33.6 Å². The Labute approximate surface area is 162 Å². The fourth-order valence-electron chi connectivity index (χ4n) is 2.86. The maximum atomic E-state index is 12.9. The molecule has 0 saturated carbocycles. The third-order valence-corrected chi connectivity index (χ3v) is 5.07. The average Bonchev–Trinajstić information content (AvgIpc) is 3.08. The number of hydrogen-bond acceptors (Lipinski definition) is 6. The quantitative estimate of drug-likeness (QED) is 0.722. The number of carbonyl (C=O) groups is 1. The van der Waals surface area contributed by atoms with Crippen LogP contribution in [-0.4, -0.2) is 46.3 Å². The number of piperidine rings is 1. The number of aromatic nitrogens is 2. The summed E-state index contributed by atoms with van der Waals surface area (Å²) in [7, 11) is 0. The molecule has 2 aromatic heterocycles. The van der Waals surface area contributed by atoms with Gasteiger partial charge in [-0.15, -0.1) is 0 Å². The van der Waals surface area contributed by atoms with Crippen molar-refractivity contribution in [2.75, 3.05) is 19.7 Å². The standard InChI is InChI=1S/C19H24FN3O3S/c1-19(2,3)26-18(24)23-8-4-5-13(11-23)12-25-17-22-10-15(27-17)14-6-7-16(20)21-9-14/h6-7,9-10,13H,4-5,8,11-12H2,1-3H3. The Morgan fingerprint density at radius 2 is 2.15 bits per heavy atom. The molecule has 6 nitrogen and oxygen atoms in total. The molecule has 0 spiro atoms. The van der Waals surface area contributed by atoms with E-state index in [1.54, 1.807) is 17.2 Å². The lowest BCUT2D eigenvalue weighted by Crippen LogP contribution is -2.44. The van der Waals surface area contributed by atoms with E-state index in [4.69, 9.17) is 9.47 Å². The first-order valence-electron chi connectivity index (χ1n) is 8.98. The molecule has 8 heteroatoms. The van der Waals surface area contributed by atoms with Gasteiger partial charge in [0.15, 0.2) is 0 Å². The minimum atomic E-state index is -0.508. The number of nitrogens with zero attached hydrogens (tertiary/aromatic N) is 3. The van der Waals surface area contributed by atoms with Gasteiger partial charge in [0.2, 0.25) is 5.95 Å². The van der Waals surface area contributed by atoms with Crippen molar-refractivity contribution in [2.45, 2.75) is 39.2 Å². The summed E-state index contributed by atoms with van der Waals surface area (Å²) < 4.78 is 24.2. The van der Waals surface area contributed by atoms with Crippen molar-refractivity contribution >= 4 is 17.4 Å². The number of rotatable bonds is 4. The van der Waals surface area contributed by atoms with Gasteiger partial charge in [-0.2, -0.15) is 4.39 Å². The zero-order valence-electron chi connectivity index (χ0n) is 15.8. The fraction of sp³-hybridized carbons (Fsp3) is 0.526. The van der Waals surface area contributed by atoms with Gasteiger partial charge in [-0.05, 0) is 45.7 Å². The van der Waals surface area contributed by atoms with Gasteiger partial charge in [0, 0.05) is 37.0 Å². The van der Waals surface area contributed by atoms with Crippen LogP contribution in [0.25, 0.3) is 10.4 Å². The van der Waals surface area contributed by atoms with Crippen molar-refractivity contribution in [1.82, 2.24) is 14.9 Å². The van der Waals surface area contributed by atoms with Crippen LogP contribution in [0.3, 0.4) is 0 Å². The Hall–Kier alpha value is -2.22. The predicted octanol–water partition coefficient (Wildman–Crippen LogP) is 4.37. The lowest BCUT2D eigenvalue weighted by Gasteiger charge is -2.33. The van der Waals surface area contributed by atoms with Gasteiger partial charge in [-0.1, -0.05) is 11.3 Å². The Kier molecular flexibility index (Phi) is 5.94. The average molecular weight is 393 g/mol. The van der Waals surface area contributed by atoms with Crippen molar-refractivity contribution < 1.29 is 18.7 Å². The Bertz CT molecular complexity index is 773. The topological polar surface area (TPSA) is 64.5 Å². The van der Waals surface area contributed by atoms with Gasteiger partial charge >= 0.3 is 6.09 Å². The molecule has 2 aromatic rings. The highest BCUT2D eigenvalue weighted by Gasteiger charge is 2.28. The molecule has 146 valence electrons.